The zero-order chi connectivity index (χ0) is 24.1. The Kier molecular flexibility index (Phi) is 7.53. The molecule has 0 spiro atoms. The van der Waals surface area contributed by atoms with E-state index in [-0.39, 0.29) is 11.9 Å². The molecule has 2 unspecified atom stereocenters. The lowest BCUT2D eigenvalue weighted by Crippen LogP contribution is -2.29. The minimum Gasteiger partial charge on any atom is -0.492 e. The molecule has 0 aliphatic carbocycles. The number of nitrogens with zero attached hydrogens (tertiary/aromatic N) is 2. The van der Waals surface area contributed by atoms with Gasteiger partial charge in [-0.3, -0.25) is 4.79 Å². The first kappa shape index (κ1) is 23.8. The summed E-state index contributed by atoms with van der Waals surface area (Å²) in [7, 11) is 0. The van der Waals surface area contributed by atoms with Gasteiger partial charge in [-0.05, 0) is 61.2 Å². The molecule has 0 aliphatic rings. The first-order chi connectivity index (χ1) is 16.5. The second-order valence-electron chi connectivity index (χ2n) is 8.51. The van der Waals surface area contributed by atoms with Crippen LogP contribution in [0.3, 0.4) is 0 Å². The summed E-state index contributed by atoms with van der Waals surface area (Å²) in [5.41, 5.74) is 3.66. The molecule has 6 heteroatoms. The van der Waals surface area contributed by atoms with Gasteiger partial charge in [0.1, 0.15) is 18.2 Å². The number of carbonyl (C=O) groups excluding carboxylic acids is 1. The van der Waals surface area contributed by atoms with E-state index in [1.165, 1.54) is 5.56 Å². The average molecular weight is 476 g/mol. The Morgan fingerprint density at radius 1 is 1.03 bits per heavy atom. The number of aromatic nitrogens is 2. The quantitative estimate of drug-likeness (QED) is 0.290. The smallest absolute Gasteiger partial charge is 0.253 e. The molecule has 1 heterocycles. The van der Waals surface area contributed by atoms with Gasteiger partial charge >= 0.3 is 0 Å². The topological polar surface area (TPSA) is 56.1 Å². The van der Waals surface area contributed by atoms with Crippen LogP contribution >= 0.6 is 11.6 Å². The number of halogens is 1. The first-order valence-corrected chi connectivity index (χ1v) is 12.1. The third kappa shape index (κ3) is 5.26. The summed E-state index contributed by atoms with van der Waals surface area (Å²) in [5, 5.41) is 3.46. The Bertz CT molecular complexity index is 1270. The van der Waals surface area contributed by atoms with Crippen LogP contribution in [0.1, 0.15) is 60.9 Å². The van der Waals surface area contributed by atoms with Crippen LogP contribution in [-0.2, 0) is 6.54 Å². The molecular weight excluding hydrogens is 446 g/mol. The summed E-state index contributed by atoms with van der Waals surface area (Å²) < 4.78 is 8.16. The van der Waals surface area contributed by atoms with Gasteiger partial charge in [0, 0.05) is 0 Å². The summed E-state index contributed by atoms with van der Waals surface area (Å²) in [6, 6.07) is 23.0. The van der Waals surface area contributed by atoms with Crippen molar-refractivity contribution in [3.05, 3.63) is 94.8 Å². The van der Waals surface area contributed by atoms with Crippen LogP contribution in [-0.4, -0.2) is 22.1 Å². The van der Waals surface area contributed by atoms with Crippen LogP contribution in [0.4, 0.5) is 0 Å². The highest BCUT2D eigenvalue weighted by atomic mass is 35.5. The van der Waals surface area contributed by atoms with Crippen molar-refractivity contribution >= 4 is 28.5 Å². The Balaban J connectivity index is 1.50. The van der Waals surface area contributed by atoms with Crippen molar-refractivity contribution in [2.75, 3.05) is 6.61 Å². The molecule has 0 radical (unpaired) electrons. The zero-order valence-electron chi connectivity index (χ0n) is 19.8. The standard InChI is InChI=1S/C28H30ClN3O2/c1-4-19(2)21-13-15-22(16-14-21)34-18-17-32-26-12-8-7-11-25(26)31-27(32)20(3)30-28(33)23-9-5-6-10-24(23)29/h5-16,19-20H,4,17-18H2,1-3H3,(H,30,33). The lowest BCUT2D eigenvalue weighted by molar-refractivity contribution is 0.0937. The number of fused-ring (bicyclic) bond motifs is 1. The Morgan fingerprint density at radius 2 is 1.74 bits per heavy atom. The van der Waals surface area contributed by atoms with Crippen molar-refractivity contribution in [3.63, 3.8) is 0 Å². The zero-order valence-corrected chi connectivity index (χ0v) is 20.5. The van der Waals surface area contributed by atoms with E-state index in [0.717, 1.165) is 29.0 Å². The van der Waals surface area contributed by atoms with Gasteiger partial charge in [0.05, 0.1) is 34.2 Å². The van der Waals surface area contributed by atoms with Crippen LogP contribution in [0.15, 0.2) is 72.8 Å². The minimum atomic E-state index is -0.314. The maximum absolute atomic E-state index is 12.8. The van der Waals surface area contributed by atoms with Crippen LogP contribution in [0, 0.1) is 0 Å². The number of benzene rings is 3. The number of amides is 1. The number of ether oxygens (including phenoxy) is 1. The van der Waals surface area contributed by atoms with Crippen LogP contribution in [0.25, 0.3) is 11.0 Å². The van der Waals surface area contributed by atoms with Crippen molar-refractivity contribution in [2.24, 2.45) is 0 Å². The first-order valence-electron chi connectivity index (χ1n) is 11.7. The summed E-state index contributed by atoms with van der Waals surface area (Å²) >= 11 is 6.21. The van der Waals surface area contributed by atoms with E-state index in [1.54, 1.807) is 24.3 Å². The number of hydrogen-bond donors (Lipinski definition) is 1. The molecule has 0 bridgehead atoms. The molecule has 3 aromatic carbocycles. The van der Waals surface area contributed by atoms with E-state index in [9.17, 15) is 4.79 Å². The molecule has 0 fully saturated rings. The number of carbonyl (C=O) groups is 1. The molecule has 0 saturated carbocycles. The highest BCUT2D eigenvalue weighted by Crippen LogP contribution is 2.24. The maximum atomic E-state index is 12.8. The number of rotatable bonds is 9. The lowest BCUT2D eigenvalue weighted by Gasteiger charge is -2.17. The highest BCUT2D eigenvalue weighted by Gasteiger charge is 2.20. The lowest BCUT2D eigenvalue weighted by atomic mass is 9.99. The van der Waals surface area contributed by atoms with Crippen molar-refractivity contribution in [1.29, 1.82) is 0 Å². The molecule has 2 atom stereocenters. The van der Waals surface area contributed by atoms with E-state index in [1.807, 2.05) is 43.3 Å². The fourth-order valence-corrected chi connectivity index (χ4v) is 4.25. The van der Waals surface area contributed by atoms with E-state index in [0.29, 0.717) is 29.7 Å². The van der Waals surface area contributed by atoms with Gasteiger partial charge in [0.15, 0.2) is 0 Å². The van der Waals surface area contributed by atoms with Gasteiger partial charge in [-0.25, -0.2) is 4.98 Å². The number of imidazole rings is 1. The van der Waals surface area contributed by atoms with E-state index >= 15 is 0 Å². The summed E-state index contributed by atoms with van der Waals surface area (Å²) in [4.78, 5) is 17.6. The molecule has 0 saturated heterocycles. The van der Waals surface area contributed by atoms with Crippen molar-refractivity contribution in [1.82, 2.24) is 14.9 Å². The molecule has 34 heavy (non-hydrogen) atoms. The summed E-state index contributed by atoms with van der Waals surface area (Å²) in [6.45, 7) is 7.45. The third-order valence-corrected chi connectivity index (χ3v) is 6.51. The van der Waals surface area contributed by atoms with Crippen molar-refractivity contribution in [3.8, 4) is 5.75 Å². The molecular formula is C28H30ClN3O2. The second kappa shape index (κ2) is 10.7. The van der Waals surface area contributed by atoms with Gasteiger partial charge in [0.2, 0.25) is 0 Å². The number of hydrogen-bond acceptors (Lipinski definition) is 3. The molecule has 5 nitrogen and oxygen atoms in total. The Morgan fingerprint density at radius 3 is 2.47 bits per heavy atom. The largest absolute Gasteiger partial charge is 0.492 e. The predicted octanol–water partition coefficient (Wildman–Crippen LogP) is 6.77. The fraction of sp³-hybridized carbons (Fsp3) is 0.286. The maximum Gasteiger partial charge on any atom is 0.253 e. The van der Waals surface area contributed by atoms with E-state index in [2.05, 4.69) is 35.9 Å². The molecule has 1 N–H and O–H groups in total. The molecule has 4 rings (SSSR count). The van der Waals surface area contributed by atoms with Crippen molar-refractivity contribution < 1.29 is 9.53 Å². The SMILES string of the molecule is CCC(C)c1ccc(OCCn2c(C(C)NC(=O)c3ccccc3Cl)nc3ccccc32)cc1. The van der Waals surface area contributed by atoms with Gasteiger partial charge in [0.25, 0.3) is 5.91 Å². The summed E-state index contributed by atoms with van der Waals surface area (Å²) in [6.07, 6.45) is 1.11. The fourth-order valence-electron chi connectivity index (χ4n) is 4.03. The Labute approximate surface area is 205 Å². The predicted molar refractivity (Wildman–Crippen MR) is 138 cm³/mol. The molecule has 176 valence electrons. The van der Waals surface area contributed by atoms with Crippen LogP contribution in [0.5, 0.6) is 5.75 Å². The number of nitrogens with one attached hydrogen (secondary N) is 1. The van der Waals surface area contributed by atoms with Gasteiger partial charge in [-0.15, -0.1) is 0 Å². The molecule has 1 amide bonds. The normalized spacial score (nSPS) is 12.9. The van der Waals surface area contributed by atoms with Crippen molar-refractivity contribution in [2.45, 2.75) is 45.7 Å². The molecule has 0 aliphatic heterocycles. The number of para-hydroxylation sites is 2. The van der Waals surface area contributed by atoms with Gasteiger partial charge < -0.3 is 14.6 Å². The monoisotopic (exact) mass is 475 g/mol. The highest BCUT2D eigenvalue weighted by molar-refractivity contribution is 6.33. The molecule has 4 aromatic rings. The summed E-state index contributed by atoms with van der Waals surface area (Å²) in [5.74, 6) is 1.93. The second-order valence-corrected chi connectivity index (χ2v) is 8.92. The minimum absolute atomic E-state index is 0.227. The van der Waals surface area contributed by atoms with E-state index < -0.39 is 0 Å². The van der Waals surface area contributed by atoms with E-state index in [4.69, 9.17) is 21.3 Å². The van der Waals surface area contributed by atoms with Gasteiger partial charge in [-0.2, -0.15) is 0 Å². The van der Waals surface area contributed by atoms with Gasteiger partial charge in [-0.1, -0.05) is 61.8 Å². The third-order valence-electron chi connectivity index (χ3n) is 6.18. The van der Waals surface area contributed by atoms with Crippen LogP contribution in [0.2, 0.25) is 5.02 Å². The Hall–Kier alpha value is -3.31. The molecule has 1 aromatic heterocycles. The average Bonchev–Trinajstić information content (AvgIpc) is 3.23. The van der Waals surface area contributed by atoms with Crippen LogP contribution < -0.4 is 10.1 Å².